The van der Waals surface area contributed by atoms with Crippen molar-refractivity contribution in [3.8, 4) is 22.3 Å². The quantitative estimate of drug-likeness (QED) is 0.775. The third kappa shape index (κ3) is 2.99. The zero-order chi connectivity index (χ0) is 15.5. The van der Waals surface area contributed by atoms with Crippen molar-refractivity contribution in [2.24, 2.45) is 0 Å². The van der Waals surface area contributed by atoms with Gasteiger partial charge in [-0.3, -0.25) is 4.68 Å². The van der Waals surface area contributed by atoms with Crippen molar-refractivity contribution in [2.75, 3.05) is 5.73 Å². The Balaban J connectivity index is 1.97. The van der Waals surface area contributed by atoms with Crippen molar-refractivity contribution in [3.05, 3.63) is 55.0 Å². The normalized spacial score (nSPS) is 12.3. The molecule has 22 heavy (non-hydrogen) atoms. The molecule has 0 radical (unpaired) electrons. The molecule has 0 aliphatic heterocycles. The molecule has 0 spiro atoms. The summed E-state index contributed by atoms with van der Waals surface area (Å²) in [4.78, 5) is 4.29. The Hall–Kier alpha value is -2.66. The standard InChI is InChI=1S/C17H18N4O/c1-12(22)10-21-11-15(9-20-21)14-7-16(17(18)19-8-14)13-5-3-2-4-6-13/h2-9,11-12,22H,10H2,1H3,(H2,18,19). The van der Waals surface area contributed by atoms with Crippen LogP contribution < -0.4 is 5.73 Å². The van der Waals surface area contributed by atoms with Gasteiger partial charge in [-0.2, -0.15) is 5.10 Å². The number of anilines is 1. The fourth-order valence-corrected chi connectivity index (χ4v) is 2.37. The van der Waals surface area contributed by atoms with Gasteiger partial charge in [-0.1, -0.05) is 30.3 Å². The summed E-state index contributed by atoms with van der Waals surface area (Å²) in [6.45, 7) is 2.20. The van der Waals surface area contributed by atoms with Gasteiger partial charge in [0.05, 0.1) is 18.8 Å². The molecule has 0 aliphatic rings. The number of hydrogen-bond acceptors (Lipinski definition) is 4. The number of aliphatic hydroxyl groups is 1. The van der Waals surface area contributed by atoms with E-state index in [2.05, 4.69) is 10.1 Å². The topological polar surface area (TPSA) is 77.0 Å². The molecule has 5 heteroatoms. The lowest BCUT2D eigenvalue weighted by molar-refractivity contribution is 0.168. The summed E-state index contributed by atoms with van der Waals surface area (Å²) in [7, 11) is 0. The van der Waals surface area contributed by atoms with Crippen LogP contribution in [0.5, 0.6) is 0 Å². The minimum absolute atomic E-state index is 0.433. The molecule has 3 rings (SSSR count). The maximum absolute atomic E-state index is 9.43. The van der Waals surface area contributed by atoms with Crippen molar-refractivity contribution < 1.29 is 5.11 Å². The van der Waals surface area contributed by atoms with Crippen molar-refractivity contribution >= 4 is 5.82 Å². The molecule has 3 aromatic rings. The van der Waals surface area contributed by atoms with Gasteiger partial charge in [0.2, 0.25) is 0 Å². The zero-order valence-corrected chi connectivity index (χ0v) is 12.3. The monoisotopic (exact) mass is 294 g/mol. The highest BCUT2D eigenvalue weighted by Crippen LogP contribution is 2.29. The van der Waals surface area contributed by atoms with Crippen LogP contribution in [0.2, 0.25) is 0 Å². The van der Waals surface area contributed by atoms with Gasteiger partial charge in [-0.05, 0) is 18.6 Å². The SMILES string of the molecule is CC(O)Cn1cc(-c2cnc(N)c(-c3ccccc3)c2)cn1. The molecule has 0 saturated carbocycles. The van der Waals surface area contributed by atoms with Gasteiger partial charge in [0.15, 0.2) is 0 Å². The molecule has 2 heterocycles. The maximum atomic E-state index is 9.43. The Bertz CT molecular complexity index is 765. The average molecular weight is 294 g/mol. The smallest absolute Gasteiger partial charge is 0.131 e. The predicted molar refractivity (Wildman–Crippen MR) is 87.0 cm³/mol. The lowest BCUT2D eigenvalue weighted by Gasteiger charge is -2.07. The molecule has 1 unspecified atom stereocenters. The molecule has 0 saturated heterocycles. The molecule has 1 atom stereocenters. The summed E-state index contributed by atoms with van der Waals surface area (Å²) >= 11 is 0. The van der Waals surface area contributed by atoms with Crippen LogP contribution in [0.4, 0.5) is 5.82 Å². The van der Waals surface area contributed by atoms with Crippen LogP contribution in [0.15, 0.2) is 55.0 Å². The summed E-state index contributed by atoms with van der Waals surface area (Å²) in [5, 5.41) is 13.7. The van der Waals surface area contributed by atoms with Crippen LogP contribution >= 0.6 is 0 Å². The lowest BCUT2D eigenvalue weighted by Crippen LogP contribution is -2.11. The highest BCUT2D eigenvalue weighted by atomic mass is 16.3. The van der Waals surface area contributed by atoms with E-state index in [0.717, 1.165) is 22.3 Å². The van der Waals surface area contributed by atoms with Crippen LogP contribution in [0.1, 0.15) is 6.92 Å². The van der Waals surface area contributed by atoms with Gasteiger partial charge in [-0.25, -0.2) is 4.98 Å². The van der Waals surface area contributed by atoms with E-state index in [1.54, 1.807) is 24.0 Å². The molecule has 5 nitrogen and oxygen atoms in total. The van der Waals surface area contributed by atoms with Gasteiger partial charge in [0, 0.05) is 29.1 Å². The van der Waals surface area contributed by atoms with Gasteiger partial charge in [0.1, 0.15) is 5.82 Å². The highest BCUT2D eigenvalue weighted by Gasteiger charge is 2.09. The fraction of sp³-hybridized carbons (Fsp3) is 0.176. The molecule has 0 aliphatic carbocycles. The third-order valence-corrected chi connectivity index (χ3v) is 3.42. The Morgan fingerprint density at radius 1 is 1.14 bits per heavy atom. The number of rotatable bonds is 4. The molecular formula is C17H18N4O. The fourth-order valence-electron chi connectivity index (χ4n) is 2.37. The molecule has 0 amide bonds. The number of nitrogens with zero attached hydrogens (tertiary/aromatic N) is 3. The summed E-state index contributed by atoms with van der Waals surface area (Å²) in [6.07, 6.45) is 4.97. The van der Waals surface area contributed by atoms with Gasteiger partial charge < -0.3 is 10.8 Å². The minimum atomic E-state index is -0.433. The van der Waals surface area contributed by atoms with Gasteiger partial charge in [-0.15, -0.1) is 0 Å². The van der Waals surface area contributed by atoms with Crippen LogP contribution in [0.3, 0.4) is 0 Å². The molecular weight excluding hydrogens is 276 g/mol. The second kappa shape index (κ2) is 5.99. The van der Waals surface area contributed by atoms with Gasteiger partial charge in [0.25, 0.3) is 0 Å². The van der Waals surface area contributed by atoms with Crippen molar-refractivity contribution in [3.63, 3.8) is 0 Å². The predicted octanol–water partition coefficient (Wildman–Crippen LogP) is 2.58. The number of aliphatic hydroxyl groups excluding tert-OH is 1. The number of benzene rings is 1. The van der Waals surface area contributed by atoms with E-state index in [1.807, 2.05) is 42.6 Å². The first kappa shape index (κ1) is 14.3. The number of pyridine rings is 1. The molecule has 0 bridgehead atoms. The summed E-state index contributed by atoms with van der Waals surface area (Å²) in [6, 6.07) is 11.9. The summed E-state index contributed by atoms with van der Waals surface area (Å²) in [5.41, 5.74) is 9.84. The van der Waals surface area contributed by atoms with E-state index in [4.69, 9.17) is 5.73 Å². The Morgan fingerprint density at radius 2 is 1.91 bits per heavy atom. The summed E-state index contributed by atoms with van der Waals surface area (Å²) in [5.74, 6) is 0.506. The second-order valence-electron chi connectivity index (χ2n) is 5.32. The molecule has 3 N–H and O–H groups in total. The first-order chi connectivity index (χ1) is 10.6. The van der Waals surface area contributed by atoms with Crippen molar-refractivity contribution in [2.45, 2.75) is 19.6 Å². The molecule has 2 aromatic heterocycles. The molecule has 1 aromatic carbocycles. The number of aromatic nitrogens is 3. The third-order valence-electron chi connectivity index (χ3n) is 3.42. The van der Waals surface area contributed by atoms with E-state index >= 15 is 0 Å². The van der Waals surface area contributed by atoms with Crippen molar-refractivity contribution in [1.82, 2.24) is 14.8 Å². The van der Waals surface area contributed by atoms with Gasteiger partial charge >= 0.3 is 0 Å². The average Bonchev–Trinajstić information content (AvgIpc) is 2.96. The van der Waals surface area contributed by atoms with E-state index < -0.39 is 6.10 Å². The van der Waals surface area contributed by atoms with E-state index in [0.29, 0.717) is 12.4 Å². The van der Waals surface area contributed by atoms with Crippen LogP contribution in [0, 0.1) is 0 Å². The Morgan fingerprint density at radius 3 is 2.64 bits per heavy atom. The Kier molecular flexibility index (Phi) is 3.89. The zero-order valence-electron chi connectivity index (χ0n) is 12.3. The van der Waals surface area contributed by atoms with Crippen LogP contribution in [-0.4, -0.2) is 26.0 Å². The first-order valence-corrected chi connectivity index (χ1v) is 7.15. The van der Waals surface area contributed by atoms with Crippen molar-refractivity contribution in [1.29, 1.82) is 0 Å². The maximum Gasteiger partial charge on any atom is 0.131 e. The minimum Gasteiger partial charge on any atom is -0.391 e. The second-order valence-corrected chi connectivity index (χ2v) is 5.32. The number of nitrogen functional groups attached to an aromatic ring is 1. The largest absolute Gasteiger partial charge is 0.391 e. The van der Waals surface area contributed by atoms with E-state index in [-0.39, 0.29) is 0 Å². The van der Waals surface area contributed by atoms with E-state index in [9.17, 15) is 5.11 Å². The lowest BCUT2D eigenvalue weighted by atomic mass is 10.0. The van der Waals surface area contributed by atoms with Crippen LogP contribution in [0.25, 0.3) is 22.3 Å². The Labute approximate surface area is 129 Å². The van der Waals surface area contributed by atoms with Crippen LogP contribution in [-0.2, 0) is 6.54 Å². The van der Waals surface area contributed by atoms with E-state index in [1.165, 1.54) is 0 Å². The number of nitrogens with two attached hydrogens (primary N) is 1. The first-order valence-electron chi connectivity index (χ1n) is 7.15. The molecule has 0 fully saturated rings. The number of hydrogen-bond donors (Lipinski definition) is 2. The highest BCUT2D eigenvalue weighted by molar-refractivity contribution is 5.78. The summed E-state index contributed by atoms with van der Waals surface area (Å²) < 4.78 is 1.72. The molecule has 112 valence electrons.